The number of hydrogen-bond donors (Lipinski definition) is 1. The van der Waals surface area contributed by atoms with Crippen LogP contribution < -0.4 is 5.32 Å². The predicted molar refractivity (Wildman–Crippen MR) is 102 cm³/mol. The van der Waals surface area contributed by atoms with Crippen LogP contribution in [-0.2, 0) is 11.3 Å². The number of ether oxygens (including phenoxy) is 1. The van der Waals surface area contributed by atoms with Gasteiger partial charge in [0.1, 0.15) is 5.15 Å². The van der Waals surface area contributed by atoms with E-state index in [2.05, 4.69) is 15.0 Å². The molecule has 28 heavy (non-hydrogen) atoms. The average Bonchev–Trinajstić information content (AvgIpc) is 3.08. The van der Waals surface area contributed by atoms with E-state index in [-0.39, 0.29) is 17.2 Å². The number of hydrogen-bond acceptors (Lipinski definition) is 8. The number of carbonyl (C=O) groups excluding carboxylic acids is 1. The topological polar surface area (TPSA) is 104 Å². The Balaban J connectivity index is 1.65. The molecule has 3 rings (SSSR count). The summed E-state index contributed by atoms with van der Waals surface area (Å²) >= 11 is 5.83. The molecule has 0 atom stereocenters. The zero-order valence-corrected chi connectivity index (χ0v) is 16.4. The fourth-order valence-corrected chi connectivity index (χ4v) is 3.57. The number of rotatable bonds is 7. The van der Waals surface area contributed by atoms with Crippen LogP contribution in [0, 0.1) is 10.1 Å². The minimum absolute atomic E-state index is 0.201. The van der Waals surface area contributed by atoms with Crippen molar-refractivity contribution in [3.63, 3.8) is 0 Å². The van der Waals surface area contributed by atoms with E-state index in [1.807, 2.05) is 20.8 Å². The zero-order valence-electron chi connectivity index (χ0n) is 15.6. The Labute approximate surface area is 167 Å². The van der Waals surface area contributed by atoms with Gasteiger partial charge in [0.05, 0.1) is 25.2 Å². The number of halogens is 1. The van der Waals surface area contributed by atoms with Crippen molar-refractivity contribution in [3.8, 4) is 0 Å². The molecule has 152 valence electrons. The monoisotopic (exact) mass is 410 g/mol. The average molecular weight is 411 g/mol. The molecular weight excluding hydrogens is 388 g/mol. The number of aromatic nitrogens is 1. The lowest BCUT2D eigenvalue weighted by Gasteiger charge is -2.34. The maximum atomic E-state index is 11.7. The van der Waals surface area contributed by atoms with Crippen LogP contribution in [0.25, 0.3) is 0 Å². The second-order valence-electron chi connectivity index (χ2n) is 6.67. The summed E-state index contributed by atoms with van der Waals surface area (Å²) in [5, 5.41) is 14.8. The van der Waals surface area contributed by atoms with Gasteiger partial charge in [-0.2, -0.15) is 0 Å². The van der Waals surface area contributed by atoms with Crippen LogP contribution >= 0.6 is 11.6 Å². The lowest BCUT2D eigenvalue weighted by Crippen LogP contribution is -2.45. The van der Waals surface area contributed by atoms with Gasteiger partial charge < -0.3 is 19.9 Å². The molecule has 0 aliphatic carbocycles. The van der Waals surface area contributed by atoms with Crippen molar-refractivity contribution in [2.75, 3.05) is 46.5 Å². The van der Waals surface area contributed by atoms with E-state index in [0.29, 0.717) is 50.2 Å². The fourth-order valence-electron chi connectivity index (χ4n) is 3.46. The molecule has 0 unspecified atom stereocenters. The van der Waals surface area contributed by atoms with Gasteiger partial charge in [-0.25, -0.2) is 9.78 Å². The minimum atomic E-state index is -0.473. The maximum Gasteiger partial charge on any atom is 0.406 e. The third-order valence-corrected chi connectivity index (χ3v) is 4.95. The van der Waals surface area contributed by atoms with E-state index in [9.17, 15) is 14.9 Å². The van der Waals surface area contributed by atoms with Gasteiger partial charge in [0.2, 0.25) is 0 Å². The Bertz CT molecular complexity index is 757. The van der Waals surface area contributed by atoms with Crippen LogP contribution in [0.5, 0.6) is 0 Å². The highest BCUT2D eigenvalue weighted by atomic mass is 35.5. The number of nitro groups is 1. The first-order chi connectivity index (χ1) is 13.5. The van der Waals surface area contributed by atoms with E-state index in [0.717, 1.165) is 12.1 Å². The lowest BCUT2D eigenvalue weighted by molar-refractivity contribution is -0.433. The van der Waals surface area contributed by atoms with Crippen LogP contribution in [0.4, 0.5) is 4.79 Å². The highest BCUT2D eigenvalue weighted by Gasteiger charge is 2.39. The molecule has 1 aromatic rings. The van der Waals surface area contributed by atoms with Crippen LogP contribution in [0.1, 0.15) is 12.0 Å². The summed E-state index contributed by atoms with van der Waals surface area (Å²) in [6.45, 7) is 4.00. The lowest BCUT2D eigenvalue weighted by atomic mass is 10.2. The normalized spacial score (nSPS) is 16.9. The van der Waals surface area contributed by atoms with Gasteiger partial charge in [-0.1, -0.05) is 17.7 Å². The van der Waals surface area contributed by atoms with Crippen molar-refractivity contribution >= 4 is 17.7 Å². The summed E-state index contributed by atoms with van der Waals surface area (Å²) in [6.07, 6.45) is 1.91. The molecular formula is C17H23ClN6O4. The molecule has 2 aliphatic heterocycles. The number of nitrogens with one attached hydrogen (secondary N) is 1. The van der Waals surface area contributed by atoms with Gasteiger partial charge in [0.15, 0.2) is 5.82 Å². The van der Waals surface area contributed by atoms with Crippen LogP contribution in [0.15, 0.2) is 29.8 Å². The van der Waals surface area contributed by atoms with E-state index in [4.69, 9.17) is 11.6 Å². The van der Waals surface area contributed by atoms with Gasteiger partial charge in [0.25, 0.3) is 5.70 Å². The zero-order chi connectivity index (χ0) is 20.1. The van der Waals surface area contributed by atoms with Gasteiger partial charge in [-0.05, 0) is 18.1 Å². The Morgan fingerprint density at radius 2 is 2.25 bits per heavy atom. The molecule has 1 amide bonds. The summed E-state index contributed by atoms with van der Waals surface area (Å²) in [7, 11) is 1.31. The second-order valence-corrected chi connectivity index (χ2v) is 7.05. The standard InChI is InChI=1S/C17H23ClN6O4/c1-28-17(25)19-5-2-6-21-11-14(24(26)27)16-22(7-8-23(16)12-21)10-13-3-4-15(18)20-9-13/h3-4,9H,2,5-8,10-12H2,1H3,(H,19,25). The van der Waals surface area contributed by atoms with Crippen molar-refractivity contribution in [3.05, 3.63) is 50.7 Å². The molecule has 1 saturated heterocycles. The third-order valence-electron chi connectivity index (χ3n) is 4.73. The molecule has 0 aromatic carbocycles. The van der Waals surface area contributed by atoms with Crippen LogP contribution in [0.2, 0.25) is 5.15 Å². The molecule has 2 aliphatic rings. The number of nitrogens with zero attached hydrogens (tertiary/aromatic N) is 5. The molecule has 1 fully saturated rings. The molecule has 0 saturated carbocycles. The van der Waals surface area contributed by atoms with Crippen LogP contribution in [0.3, 0.4) is 0 Å². The smallest absolute Gasteiger partial charge is 0.406 e. The highest BCUT2D eigenvalue weighted by Crippen LogP contribution is 2.29. The number of pyridine rings is 1. The van der Waals surface area contributed by atoms with E-state index >= 15 is 0 Å². The molecule has 0 radical (unpaired) electrons. The first kappa shape index (κ1) is 20.2. The van der Waals surface area contributed by atoms with E-state index in [1.54, 1.807) is 12.3 Å². The van der Waals surface area contributed by atoms with E-state index in [1.165, 1.54) is 7.11 Å². The Morgan fingerprint density at radius 3 is 2.93 bits per heavy atom. The van der Waals surface area contributed by atoms with Crippen molar-refractivity contribution in [2.24, 2.45) is 0 Å². The molecule has 0 spiro atoms. The minimum Gasteiger partial charge on any atom is -0.453 e. The highest BCUT2D eigenvalue weighted by molar-refractivity contribution is 6.29. The summed E-state index contributed by atoms with van der Waals surface area (Å²) in [5.74, 6) is 0.684. The van der Waals surface area contributed by atoms with Crippen molar-refractivity contribution in [1.82, 2.24) is 25.0 Å². The van der Waals surface area contributed by atoms with Gasteiger partial charge in [0, 0.05) is 38.9 Å². The maximum absolute atomic E-state index is 11.7. The molecule has 1 aromatic heterocycles. The SMILES string of the molecule is COC(=O)NCCCN1CC([N+](=O)[O-])=C2N(Cc3ccc(Cl)nc3)CCN2C1. The second kappa shape index (κ2) is 9.07. The summed E-state index contributed by atoms with van der Waals surface area (Å²) in [5.41, 5.74) is 1.16. The Hall–Kier alpha value is -2.59. The molecule has 1 N–H and O–H groups in total. The van der Waals surface area contributed by atoms with Crippen molar-refractivity contribution in [2.45, 2.75) is 13.0 Å². The molecule has 10 nitrogen and oxygen atoms in total. The van der Waals surface area contributed by atoms with Crippen molar-refractivity contribution in [1.29, 1.82) is 0 Å². The van der Waals surface area contributed by atoms with Gasteiger partial charge in [-0.15, -0.1) is 0 Å². The largest absolute Gasteiger partial charge is 0.453 e. The quantitative estimate of drug-likeness (QED) is 0.310. The first-order valence-electron chi connectivity index (χ1n) is 9.00. The molecule has 0 bridgehead atoms. The number of alkyl carbamates (subject to hydrolysis) is 1. The number of amides is 1. The molecule has 11 heteroatoms. The number of fused-ring (bicyclic) bond motifs is 1. The van der Waals surface area contributed by atoms with Gasteiger partial charge >= 0.3 is 6.09 Å². The molecule has 3 heterocycles. The fraction of sp³-hybridized carbons (Fsp3) is 0.529. The Morgan fingerprint density at radius 1 is 1.43 bits per heavy atom. The summed E-state index contributed by atoms with van der Waals surface area (Å²) in [6, 6.07) is 3.60. The van der Waals surface area contributed by atoms with Crippen LogP contribution in [-0.4, -0.2) is 77.2 Å². The number of methoxy groups -OCH3 is 1. The number of carbonyl (C=O) groups is 1. The summed E-state index contributed by atoms with van der Waals surface area (Å²) < 4.78 is 4.53. The predicted octanol–water partition coefficient (Wildman–Crippen LogP) is 1.32. The first-order valence-corrected chi connectivity index (χ1v) is 9.37. The van der Waals surface area contributed by atoms with E-state index < -0.39 is 6.09 Å². The van der Waals surface area contributed by atoms with Crippen molar-refractivity contribution < 1.29 is 14.5 Å². The third kappa shape index (κ3) is 4.82. The summed E-state index contributed by atoms with van der Waals surface area (Å²) in [4.78, 5) is 32.7. The Kier molecular flexibility index (Phi) is 6.53. The van der Waals surface area contributed by atoms with Gasteiger partial charge in [-0.3, -0.25) is 15.0 Å².